The van der Waals surface area contributed by atoms with Crippen molar-refractivity contribution in [2.75, 3.05) is 35.5 Å². The van der Waals surface area contributed by atoms with Crippen LogP contribution >= 0.6 is 0 Å². The molecule has 290 valence electrons. The molecule has 5 heterocycles. The lowest BCUT2D eigenvalue weighted by Crippen LogP contribution is -2.25. The summed E-state index contributed by atoms with van der Waals surface area (Å²) in [5.41, 5.74) is 12.7. The van der Waals surface area contributed by atoms with Crippen LogP contribution in [0.25, 0.3) is 71.2 Å². The highest BCUT2D eigenvalue weighted by Crippen LogP contribution is 2.51. The summed E-state index contributed by atoms with van der Waals surface area (Å²) >= 11 is 0. The molecule has 0 fully saturated rings. The number of hydrogen-bond acceptors (Lipinski definition) is 5. The van der Waals surface area contributed by atoms with E-state index >= 15 is 0 Å². The maximum absolute atomic E-state index is 6.76. The lowest BCUT2D eigenvalue weighted by molar-refractivity contribution is 0.483. The summed E-state index contributed by atoms with van der Waals surface area (Å²) in [7, 11) is 8.52. The summed E-state index contributed by atoms with van der Waals surface area (Å²) in [6, 6.07) is 56.2. The van der Waals surface area contributed by atoms with E-state index in [1.807, 2.05) is 18.3 Å². The molecule has 0 saturated heterocycles. The minimum absolute atomic E-state index is 0.630. The van der Waals surface area contributed by atoms with Crippen LogP contribution in [0.2, 0.25) is 0 Å². The number of hydrogen-bond donors (Lipinski definition) is 0. The average molecular weight is 780 g/mol. The smallest absolute Gasteiger partial charge is 0.139 e. The Balaban J connectivity index is 0.972. The zero-order valence-electron chi connectivity index (χ0n) is 33.8. The first-order chi connectivity index (χ1) is 29.4. The average Bonchev–Trinajstić information content (AvgIpc) is 4.00. The van der Waals surface area contributed by atoms with Crippen LogP contribution in [-0.2, 0) is 14.1 Å². The summed E-state index contributed by atoms with van der Waals surface area (Å²) in [6.07, 6.45) is 1.88. The number of fused-ring (bicyclic) bond motifs is 10. The normalized spacial score (nSPS) is 12.9. The van der Waals surface area contributed by atoms with Crippen LogP contribution in [0.5, 0.6) is 11.5 Å². The van der Waals surface area contributed by atoms with Gasteiger partial charge in [0.1, 0.15) is 24.0 Å². The molecule has 60 heavy (non-hydrogen) atoms. The molecular formula is C52H41N7O. The SMILES string of the molecule is CN(C)c1ccnc(-n2c3ccccc3c3ccc(Oc4cccc(N5CN(c6c7c(cc8c9ccccc9n(C)c68)c6ccccc6n7C)c6ccccc65)c4)cc32)c1. The molecule has 0 unspecified atom stereocenters. The fourth-order valence-electron chi connectivity index (χ4n) is 9.77. The van der Waals surface area contributed by atoms with E-state index in [4.69, 9.17) is 9.72 Å². The Kier molecular flexibility index (Phi) is 7.38. The standard InChI is InChI=1S/C52H41N7O/c1-54(2)33-26-27-53-49(29-33)59-45-21-10-7-16-37(45)40-25-24-36(30-48(40)59)60-35-15-13-14-34(28-35)57-32-58(47-23-12-11-22-46(47)57)52-50-41(38-17-5-8-19-43(38)55(50)3)31-42-39-18-6-9-20-44(39)56(4)51(42)52/h5-31H,32H2,1-4H3. The molecule has 0 saturated carbocycles. The van der Waals surface area contributed by atoms with Crippen LogP contribution in [0.15, 0.2) is 164 Å². The molecule has 0 amide bonds. The fourth-order valence-corrected chi connectivity index (χ4v) is 9.77. The summed E-state index contributed by atoms with van der Waals surface area (Å²) < 4.78 is 13.8. The van der Waals surface area contributed by atoms with Gasteiger partial charge >= 0.3 is 0 Å². The Morgan fingerprint density at radius 2 is 1.08 bits per heavy atom. The molecule has 0 spiro atoms. The third-order valence-corrected chi connectivity index (χ3v) is 12.5. The second-order valence-corrected chi connectivity index (χ2v) is 16.1. The minimum atomic E-state index is 0.630. The van der Waals surface area contributed by atoms with Crippen molar-refractivity contribution in [3.05, 3.63) is 164 Å². The van der Waals surface area contributed by atoms with Gasteiger partial charge in [0.25, 0.3) is 0 Å². The number of pyridine rings is 1. The van der Waals surface area contributed by atoms with Crippen molar-refractivity contribution >= 4 is 93.9 Å². The molecule has 1 aliphatic rings. The van der Waals surface area contributed by atoms with Crippen molar-refractivity contribution in [2.24, 2.45) is 14.1 Å². The van der Waals surface area contributed by atoms with Crippen LogP contribution in [0, 0.1) is 0 Å². The van der Waals surface area contributed by atoms with Crippen LogP contribution in [0.4, 0.5) is 28.4 Å². The highest BCUT2D eigenvalue weighted by Gasteiger charge is 2.33. The van der Waals surface area contributed by atoms with Crippen molar-refractivity contribution in [2.45, 2.75) is 0 Å². The Bertz CT molecular complexity index is 3440. The van der Waals surface area contributed by atoms with Gasteiger partial charge in [-0.15, -0.1) is 0 Å². The van der Waals surface area contributed by atoms with Gasteiger partial charge < -0.3 is 28.6 Å². The number of anilines is 5. The predicted molar refractivity (Wildman–Crippen MR) is 249 cm³/mol. The van der Waals surface area contributed by atoms with Gasteiger partial charge in [0.05, 0.1) is 39.1 Å². The summed E-state index contributed by atoms with van der Waals surface area (Å²) in [5, 5.41) is 7.37. The Labute approximate surface area is 346 Å². The Morgan fingerprint density at radius 3 is 1.77 bits per heavy atom. The Hall–Kier alpha value is -7.71. The van der Waals surface area contributed by atoms with Crippen molar-refractivity contribution in [1.29, 1.82) is 0 Å². The van der Waals surface area contributed by atoms with E-state index < -0.39 is 0 Å². The van der Waals surface area contributed by atoms with Gasteiger partial charge in [-0.05, 0) is 66.7 Å². The highest BCUT2D eigenvalue weighted by atomic mass is 16.5. The van der Waals surface area contributed by atoms with Crippen LogP contribution in [-0.4, -0.2) is 39.4 Å². The maximum Gasteiger partial charge on any atom is 0.139 e. The predicted octanol–water partition coefficient (Wildman–Crippen LogP) is 12.6. The monoisotopic (exact) mass is 779 g/mol. The largest absolute Gasteiger partial charge is 0.457 e. The third-order valence-electron chi connectivity index (χ3n) is 12.5. The summed E-state index contributed by atoms with van der Waals surface area (Å²) in [4.78, 5) is 11.8. The number of benzene rings is 7. The maximum atomic E-state index is 6.76. The van der Waals surface area contributed by atoms with E-state index in [1.165, 1.54) is 60.4 Å². The van der Waals surface area contributed by atoms with E-state index in [0.717, 1.165) is 50.8 Å². The topological polar surface area (TPSA) is 46.6 Å². The Morgan fingerprint density at radius 1 is 0.500 bits per heavy atom. The van der Waals surface area contributed by atoms with Crippen molar-refractivity contribution < 1.29 is 4.74 Å². The van der Waals surface area contributed by atoms with Gasteiger partial charge in [0.15, 0.2) is 0 Å². The minimum Gasteiger partial charge on any atom is -0.457 e. The first-order valence-electron chi connectivity index (χ1n) is 20.4. The molecular weight excluding hydrogens is 739 g/mol. The molecule has 0 N–H and O–H groups in total. The van der Waals surface area contributed by atoms with E-state index in [1.54, 1.807) is 0 Å². The van der Waals surface area contributed by atoms with E-state index in [0.29, 0.717) is 6.67 Å². The highest BCUT2D eigenvalue weighted by molar-refractivity contribution is 6.25. The van der Waals surface area contributed by atoms with Gasteiger partial charge in [0, 0.05) is 107 Å². The zero-order chi connectivity index (χ0) is 40.2. The van der Waals surface area contributed by atoms with Gasteiger partial charge in [-0.2, -0.15) is 0 Å². The molecule has 1 aliphatic heterocycles. The molecule has 4 aromatic heterocycles. The number of rotatable bonds is 6. The van der Waals surface area contributed by atoms with Crippen LogP contribution in [0.3, 0.4) is 0 Å². The van der Waals surface area contributed by atoms with Crippen molar-refractivity contribution in [1.82, 2.24) is 18.7 Å². The molecule has 11 aromatic rings. The van der Waals surface area contributed by atoms with Crippen LogP contribution < -0.4 is 19.4 Å². The summed E-state index contributed by atoms with van der Waals surface area (Å²) in [5.74, 6) is 2.39. The second-order valence-electron chi connectivity index (χ2n) is 16.1. The number of ether oxygens (including phenoxy) is 1. The molecule has 0 radical (unpaired) electrons. The number of nitrogens with zero attached hydrogens (tertiary/aromatic N) is 7. The van der Waals surface area contributed by atoms with Gasteiger partial charge in [0.2, 0.25) is 0 Å². The van der Waals surface area contributed by atoms with Gasteiger partial charge in [-0.1, -0.05) is 72.8 Å². The number of para-hydroxylation sites is 5. The quantitative estimate of drug-likeness (QED) is 0.168. The molecule has 0 atom stereocenters. The number of aryl methyl sites for hydroxylation is 2. The van der Waals surface area contributed by atoms with Gasteiger partial charge in [-0.25, -0.2) is 4.98 Å². The van der Waals surface area contributed by atoms with Crippen molar-refractivity contribution in [3.8, 4) is 17.3 Å². The lowest BCUT2D eigenvalue weighted by atomic mass is 10.1. The van der Waals surface area contributed by atoms with Crippen molar-refractivity contribution in [3.63, 3.8) is 0 Å². The van der Waals surface area contributed by atoms with E-state index in [-0.39, 0.29) is 0 Å². The fraction of sp³-hybridized carbons (Fsp3) is 0.0962. The van der Waals surface area contributed by atoms with E-state index in [2.05, 4.69) is 202 Å². The molecule has 8 nitrogen and oxygen atoms in total. The number of aromatic nitrogens is 4. The third kappa shape index (κ3) is 4.94. The van der Waals surface area contributed by atoms with Gasteiger partial charge in [-0.3, -0.25) is 4.57 Å². The lowest BCUT2D eigenvalue weighted by Gasteiger charge is -2.25. The first-order valence-corrected chi connectivity index (χ1v) is 20.4. The first kappa shape index (κ1) is 34.3. The second kappa shape index (κ2) is 12.9. The molecule has 12 rings (SSSR count). The van der Waals surface area contributed by atoms with Crippen LogP contribution in [0.1, 0.15) is 0 Å². The zero-order valence-corrected chi connectivity index (χ0v) is 33.8. The summed E-state index contributed by atoms with van der Waals surface area (Å²) in [6.45, 7) is 0.630. The molecule has 8 heteroatoms. The molecule has 0 bridgehead atoms. The molecule has 7 aromatic carbocycles. The molecule has 0 aliphatic carbocycles. The van der Waals surface area contributed by atoms with E-state index in [9.17, 15) is 0 Å².